The number of nitrogens with one attached hydrogen (secondary N) is 1. The lowest BCUT2D eigenvalue weighted by Gasteiger charge is -2.35. The topological polar surface area (TPSA) is 122 Å². The fourth-order valence-corrected chi connectivity index (χ4v) is 1.80. The Labute approximate surface area is 109 Å². The van der Waals surface area contributed by atoms with E-state index in [1.807, 2.05) is 0 Å². The largest absolute Gasteiger partial charge is 0.545 e. The van der Waals surface area contributed by atoms with Gasteiger partial charge in [0.1, 0.15) is 18.3 Å². The first-order chi connectivity index (χ1) is 8.99. The minimum absolute atomic E-state index is 0.0334. The molecule has 0 bridgehead atoms. The predicted octanol–water partition coefficient (Wildman–Crippen LogP) is -2.10. The fraction of sp³-hybridized carbons (Fsp3) is 0.417. The molecule has 1 aromatic carbocycles. The van der Waals surface area contributed by atoms with Crippen molar-refractivity contribution in [3.05, 3.63) is 29.8 Å². The fourth-order valence-electron chi connectivity index (χ4n) is 1.80. The Hall–Kier alpha value is -1.67. The Balaban J connectivity index is 2.03. The molecule has 7 nitrogen and oxygen atoms in total. The van der Waals surface area contributed by atoms with Gasteiger partial charge in [-0.2, -0.15) is 0 Å². The van der Waals surface area contributed by atoms with Crippen molar-refractivity contribution in [2.75, 3.05) is 11.9 Å². The number of rotatable bonds is 3. The quantitative estimate of drug-likeness (QED) is 0.495. The van der Waals surface area contributed by atoms with E-state index < -0.39 is 30.5 Å². The molecule has 0 unspecified atom stereocenters. The Morgan fingerprint density at radius 1 is 1.21 bits per heavy atom. The smallest absolute Gasteiger partial charge is 0.156 e. The average molecular weight is 268 g/mol. The summed E-state index contributed by atoms with van der Waals surface area (Å²) in [6, 6.07) is 5.66. The van der Waals surface area contributed by atoms with E-state index in [1.54, 1.807) is 0 Å². The third-order valence-electron chi connectivity index (χ3n) is 2.93. The maximum atomic E-state index is 10.6. The van der Waals surface area contributed by atoms with Gasteiger partial charge < -0.3 is 35.3 Å². The van der Waals surface area contributed by atoms with Crippen molar-refractivity contribution in [1.29, 1.82) is 0 Å². The zero-order chi connectivity index (χ0) is 14.0. The molecule has 0 spiro atoms. The molecule has 4 N–H and O–H groups in total. The first-order valence-corrected chi connectivity index (χ1v) is 5.73. The van der Waals surface area contributed by atoms with Gasteiger partial charge in [0.15, 0.2) is 6.23 Å². The number of carboxylic acids is 1. The van der Waals surface area contributed by atoms with Crippen LogP contribution < -0.4 is 10.4 Å². The lowest BCUT2D eigenvalue weighted by atomic mass is 10.0. The van der Waals surface area contributed by atoms with Crippen LogP contribution in [0.2, 0.25) is 0 Å². The maximum absolute atomic E-state index is 10.6. The molecule has 1 aliphatic heterocycles. The summed E-state index contributed by atoms with van der Waals surface area (Å²) >= 11 is 0. The molecule has 0 aromatic heterocycles. The third-order valence-corrected chi connectivity index (χ3v) is 2.93. The standard InChI is InChI=1S/C12H15NO6/c14-8-5-19-11(10(16)9(8)15)13-7-3-1-6(2-4-7)12(17)18/h1-4,8-11,13-16H,5H2,(H,17,18)/p-1/t8-,9-,10-,11-/m0/s1. The summed E-state index contributed by atoms with van der Waals surface area (Å²) in [7, 11) is 0. The van der Waals surface area contributed by atoms with Crippen molar-refractivity contribution in [1.82, 2.24) is 0 Å². The van der Waals surface area contributed by atoms with Gasteiger partial charge in [-0.3, -0.25) is 0 Å². The summed E-state index contributed by atoms with van der Waals surface area (Å²) in [4.78, 5) is 10.6. The van der Waals surface area contributed by atoms with Gasteiger partial charge in [0.25, 0.3) is 0 Å². The van der Waals surface area contributed by atoms with E-state index >= 15 is 0 Å². The van der Waals surface area contributed by atoms with Gasteiger partial charge in [-0.15, -0.1) is 0 Å². The minimum Gasteiger partial charge on any atom is -0.545 e. The minimum atomic E-state index is -1.30. The highest BCUT2D eigenvalue weighted by molar-refractivity contribution is 5.86. The van der Waals surface area contributed by atoms with Gasteiger partial charge in [-0.1, -0.05) is 12.1 Å². The van der Waals surface area contributed by atoms with Crippen LogP contribution in [0.25, 0.3) is 0 Å². The van der Waals surface area contributed by atoms with Crippen LogP contribution in [0.3, 0.4) is 0 Å². The van der Waals surface area contributed by atoms with E-state index in [1.165, 1.54) is 24.3 Å². The lowest BCUT2D eigenvalue weighted by molar-refractivity contribution is -0.255. The summed E-state index contributed by atoms with van der Waals surface area (Å²) in [5.41, 5.74) is 0.545. The van der Waals surface area contributed by atoms with Crippen LogP contribution in [-0.2, 0) is 4.74 Å². The van der Waals surface area contributed by atoms with Crippen molar-refractivity contribution in [3.63, 3.8) is 0 Å². The molecule has 1 saturated heterocycles. The summed E-state index contributed by atoms with van der Waals surface area (Å²) in [6.45, 7) is -0.104. The SMILES string of the molecule is O=C([O-])c1ccc(N[C@H]2OC[C@H](O)[C@H](O)[C@@H]2O)cc1. The van der Waals surface area contributed by atoms with Crippen LogP contribution in [0.4, 0.5) is 5.69 Å². The number of benzene rings is 1. The molecule has 19 heavy (non-hydrogen) atoms. The van der Waals surface area contributed by atoms with Crippen LogP contribution in [0.5, 0.6) is 0 Å². The number of carbonyl (C=O) groups is 1. The normalized spacial score (nSPS) is 30.9. The molecule has 0 amide bonds. The highest BCUT2D eigenvalue weighted by Gasteiger charge is 2.37. The summed E-state index contributed by atoms with van der Waals surface area (Å²) in [5.74, 6) is -1.28. The van der Waals surface area contributed by atoms with Gasteiger partial charge in [0.05, 0.1) is 12.6 Å². The summed E-state index contributed by atoms with van der Waals surface area (Å²) < 4.78 is 5.15. The molecule has 7 heteroatoms. The summed E-state index contributed by atoms with van der Waals surface area (Å²) in [5, 5.41) is 41.9. The van der Waals surface area contributed by atoms with Crippen molar-refractivity contribution >= 4 is 11.7 Å². The van der Waals surface area contributed by atoms with Crippen LogP contribution in [-0.4, -0.2) is 52.4 Å². The summed E-state index contributed by atoms with van der Waals surface area (Å²) in [6.07, 6.45) is -4.60. The Morgan fingerprint density at radius 3 is 2.42 bits per heavy atom. The van der Waals surface area contributed by atoms with Crippen molar-refractivity contribution in [3.8, 4) is 0 Å². The molecular weight excluding hydrogens is 254 g/mol. The molecule has 0 saturated carbocycles. The van der Waals surface area contributed by atoms with Crippen molar-refractivity contribution in [2.45, 2.75) is 24.5 Å². The maximum Gasteiger partial charge on any atom is 0.156 e. The second kappa shape index (κ2) is 5.54. The Kier molecular flexibility index (Phi) is 4.01. The van der Waals surface area contributed by atoms with E-state index in [2.05, 4.69) is 5.32 Å². The van der Waals surface area contributed by atoms with Crippen molar-refractivity contribution in [2.24, 2.45) is 0 Å². The van der Waals surface area contributed by atoms with Gasteiger partial charge >= 0.3 is 0 Å². The molecular formula is C12H14NO6-. The number of ether oxygens (including phenoxy) is 1. The van der Waals surface area contributed by atoms with Crippen LogP contribution >= 0.6 is 0 Å². The number of hydrogen-bond donors (Lipinski definition) is 4. The molecule has 1 heterocycles. The first-order valence-electron chi connectivity index (χ1n) is 5.73. The van der Waals surface area contributed by atoms with E-state index in [0.29, 0.717) is 5.69 Å². The second-order valence-corrected chi connectivity index (χ2v) is 4.31. The number of anilines is 1. The molecule has 2 rings (SSSR count). The van der Waals surface area contributed by atoms with E-state index in [4.69, 9.17) is 4.74 Å². The van der Waals surface area contributed by atoms with Crippen LogP contribution in [0.1, 0.15) is 10.4 Å². The average Bonchev–Trinajstić information content (AvgIpc) is 2.40. The van der Waals surface area contributed by atoms with Gasteiger partial charge in [-0.25, -0.2) is 0 Å². The number of carboxylic acid groups (broad SMARTS) is 1. The number of hydrogen-bond acceptors (Lipinski definition) is 7. The second-order valence-electron chi connectivity index (χ2n) is 4.31. The highest BCUT2D eigenvalue weighted by Crippen LogP contribution is 2.18. The number of carbonyl (C=O) groups excluding carboxylic acids is 1. The molecule has 1 aromatic rings. The van der Waals surface area contributed by atoms with E-state index in [-0.39, 0.29) is 12.2 Å². The van der Waals surface area contributed by atoms with Crippen LogP contribution in [0, 0.1) is 0 Å². The molecule has 104 valence electrons. The van der Waals surface area contributed by atoms with Gasteiger partial charge in [-0.05, 0) is 17.7 Å². The molecule has 0 aliphatic carbocycles. The van der Waals surface area contributed by atoms with Crippen LogP contribution in [0.15, 0.2) is 24.3 Å². The van der Waals surface area contributed by atoms with Crippen molar-refractivity contribution < 1.29 is 30.0 Å². The first kappa shape index (κ1) is 13.8. The monoisotopic (exact) mass is 268 g/mol. The van der Waals surface area contributed by atoms with Gasteiger partial charge in [0, 0.05) is 5.69 Å². The predicted molar refractivity (Wildman–Crippen MR) is 62.2 cm³/mol. The number of aromatic carboxylic acids is 1. The zero-order valence-electron chi connectivity index (χ0n) is 9.89. The Morgan fingerprint density at radius 2 is 1.84 bits per heavy atom. The lowest BCUT2D eigenvalue weighted by Crippen LogP contribution is -2.55. The third kappa shape index (κ3) is 3.02. The Bertz CT molecular complexity index is 448. The molecule has 4 atom stereocenters. The molecule has 1 aliphatic rings. The molecule has 0 radical (unpaired) electrons. The molecule has 1 fully saturated rings. The number of aliphatic hydroxyl groups excluding tert-OH is 3. The van der Waals surface area contributed by atoms with E-state index in [0.717, 1.165) is 0 Å². The zero-order valence-corrected chi connectivity index (χ0v) is 9.89. The van der Waals surface area contributed by atoms with E-state index in [9.17, 15) is 25.2 Å². The highest BCUT2D eigenvalue weighted by atomic mass is 16.5. The van der Waals surface area contributed by atoms with Gasteiger partial charge in [0.2, 0.25) is 0 Å². The number of aliphatic hydroxyl groups is 3.